The zero-order valence-electron chi connectivity index (χ0n) is 9.55. The Morgan fingerprint density at radius 2 is 2.12 bits per heavy atom. The third-order valence-electron chi connectivity index (χ3n) is 2.17. The molecule has 3 nitrogen and oxygen atoms in total. The number of nitrogens with one attached hydrogen (secondary N) is 1. The number of pyridine rings is 1. The molecule has 1 heterocycles. The summed E-state index contributed by atoms with van der Waals surface area (Å²) in [6.07, 6.45) is -1.48. The van der Waals surface area contributed by atoms with Crippen molar-refractivity contribution in [3.63, 3.8) is 0 Å². The molecule has 0 saturated carbocycles. The molecule has 0 aliphatic heterocycles. The Kier molecular flexibility index (Phi) is 5.21. The molecule has 0 unspecified atom stereocenters. The van der Waals surface area contributed by atoms with Crippen molar-refractivity contribution in [2.24, 2.45) is 0 Å². The third-order valence-corrected chi connectivity index (χ3v) is 2.17. The summed E-state index contributed by atoms with van der Waals surface area (Å²) in [6, 6.07) is 1.96. The van der Waals surface area contributed by atoms with Gasteiger partial charge in [0.15, 0.2) is 0 Å². The minimum Gasteiger partial charge on any atom is -0.385 e. The number of unbranched alkanes of at least 4 members (excludes halogenated alkanes) is 1. The van der Waals surface area contributed by atoms with Crippen LogP contribution in [-0.4, -0.2) is 25.2 Å². The predicted molar refractivity (Wildman–Crippen MR) is 58.8 cm³/mol. The topological polar surface area (TPSA) is 34.1 Å². The second-order valence-electron chi connectivity index (χ2n) is 3.55. The number of ether oxygens (including phenoxy) is 1. The molecule has 1 rings (SSSR count). The van der Waals surface area contributed by atoms with Crippen LogP contribution in [0.25, 0.3) is 0 Å². The van der Waals surface area contributed by atoms with E-state index in [2.05, 4.69) is 10.3 Å². The average Bonchev–Trinajstić information content (AvgIpc) is 2.28. The monoisotopic (exact) mass is 248 g/mol. The van der Waals surface area contributed by atoms with Crippen LogP contribution < -0.4 is 5.32 Å². The van der Waals surface area contributed by atoms with Crippen LogP contribution in [0, 0.1) is 0 Å². The van der Waals surface area contributed by atoms with E-state index in [1.807, 2.05) is 0 Å². The minimum absolute atomic E-state index is 0.247. The number of methoxy groups -OCH3 is 1. The molecular formula is C11H15F3N2O. The first-order valence-electron chi connectivity index (χ1n) is 5.30. The van der Waals surface area contributed by atoms with E-state index in [1.165, 1.54) is 0 Å². The van der Waals surface area contributed by atoms with Crippen LogP contribution in [0.5, 0.6) is 0 Å². The van der Waals surface area contributed by atoms with E-state index in [0.717, 1.165) is 31.2 Å². The van der Waals surface area contributed by atoms with Crippen molar-refractivity contribution in [1.82, 2.24) is 4.98 Å². The number of anilines is 1. The summed E-state index contributed by atoms with van der Waals surface area (Å²) in [4.78, 5) is 3.83. The van der Waals surface area contributed by atoms with Crippen LogP contribution in [0.1, 0.15) is 18.4 Å². The van der Waals surface area contributed by atoms with Crippen molar-refractivity contribution >= 4 is 5.82 Å². The highest BCUT2D eigenvalue weighted by Crippen LogP contribution is 2.29. The summed E-state index contributed by atoms with van der Waals surface area (Å²) < 4.78 is 42.0. The molecule has 0 saturated heterocycles. The number of alkyl halides is 3. The van der Waals surface area contributed by atoms with Gasteiger partial charge in [-0.05, 0) is 25.0 Å². The molecule has 0 fully saturated rings. The van der Waals surface area contributed by atoms with E-state index >= 15 is 0 Å². The Hall–Kier alpha value is -1.30. The smallest absolute Gasteiger partial charge is 0.385 e. The molecule has 6 heteroatoms. The van der Waals surface area contributed by atoms with Gasteiger partial charge in [-0.3, -0.25) is 0 Å². The van der Waals surface area contributed by atoms with Crippen LogP contribution in [-0.2, 0) is 10.9 Å². The zero-order chi connectivity index (χ0) is 12.7. The van der Waals surface area contributed by atoms with E-state index in [-0.39, 0.29) is 5.82 Å². The van der Waals surface area contributed by atoms with Gasteiger partial charge >= 0.3 is 6.18 Å². The number of rotatable bonds is 6. The second kappa shape index (κ2) is 6.44. The molecule has 0 bridgehead atoms. The van der Waals surface area contributed by atoms with Crippen molar-refractivity contribution < 1.29 is 17.9 Å². The first-order valence-corrected chi connectivity index (χ1v) is 5.30. The fraction of sp³-hybridized carbons (Fsp3) is 0.545. The first-order chi connectivity index (χ1) is 8.04. The van der Waals surface area contributed by atoms with Crippen LogP contribution in [0.15, 0.2) is 18.3 Å². The lowest BCUT2D eigenvalue weighted by Gasteiger charge is -2.09. The van der Waals surface area contributed by atoms with Crippen molar-refractivity contribution in [2.75, 3.05) is 25.6 Å². The van der Waals surface area contributed by atoms with E-state index < -0.39 is 11.7 Å². The number of nitrogens with zero attached hydrogens (tertiary/aromatic N) is 1. The molecule has 1 aromatic heterocycles. The summed E-state index contributed by atoms with van der Waals surface area (Å²) in [5, 5.41) is 2.85. The van der Waals surface area contributed by atoms with E-state index in [9.17, 15) is 13.2 Å². The van der Waals surface area contributed by atoms with Crippen molar-refractivity contribution in [3.8, 4) is 0 Å². The van der Waals surface area contributed by atoms with Gasteiger partial charge in [0.1, 0.15) is 5.82 Å². The summed E-state index contributed by atoms with van der Waals surface area (Å²) >= 11 is 0. The van der Waals surface area contributed by atoms with E-state index in [4.69, 9.17) is 4.74 Å². The SMILES string of the molecule is COCCCCNc1cc(C(F)(F)F)ccn1. The van der Waals surface area contributed by atoms with E-state index in [0.29, 0.717) is 13.2 Å². The molecule has 0 aliphatic carbocycles. The second-order valence-corrected chi connectivity index (χ2v) is 3.55. The molecule has 0 radical (unpaired) electrons. The summed E-state index contributed by atoms with van der Waals surface area (Å²) in [7, 11) is 1.61. The van der Waals surface area contributed by atoms with Gasteiger partial charge in [-0.1, -0.05) is 0 Å². The Bertz CT molecular complexity index is 342. The van der Waals surface area contributed by atoms with Gasteiger partial charge in [-0.25, -0.2) is 4.98 Å². The molecule has 17 heavy (non-hydrogen) atoms. The van der Waals surface area contributed by atoms with Crippen LogP contribution in [0.3, 0.4) is 0 Å². The van der Waals surface area contributed by atoms with Crippen LogP contribution in [0.4, 0.5) is 19.0 Å². The maximum atomic E-state index is 12.4. The van der Waals surface area contributed by atoms with Gasteiger partial charge in [0, 0.05) is 26.5 Å². The Balaban J connectivity index is 2.44. The highest BCUT2D eigenvalue weighted by Gasteiger charge is 2.30. The Labute approximate surface area is 98.0 Å². The van der Waals surface area contributed by atoms with E-state index in [1.54, 1.807) is 7.11 Å². The molecule has 0 atom stereocenters. The van der Waals surface area contributed by atoms with Gasteiger partial charge in [0.05, 0.1) is 5.56 Å². The molecular weight excluding hydrogens is 233 g/mol. The number of aromatic nitrogens is 1. The predicted octanol–water partition coefficient (Wildman–Crippen LogP) is 2.94. The minimum atomic E-state index is -4.32. The molecule has 0 amide bonds. The van der Waals surface area contributed by atoms with Crippen molar-refractivity contribution in [1.29, 1.82) is 0 Å². The number of hydrogen-bond donors (Lipinski definition) is 1. The largest absolute Gasteiger partial charge is 0.416 e. The standard InChI is InChI=1S/C11H15F3N2O/c1-17-7-3-2-5-15-10-8-9(4-6-16-10)11(12,13)14/h4,6,8H,2-3,5,7H2,1H3,(H,15,16). The lowest BCUT2D eigenvalue weighted by Crippen LogP contribution is -2.08. The zero-order valence-corrected chi connectivity index (χ0v) is 9.55. The summed E-state index contributed by atoms with van der Waals surface area (Å²) in [6.45, 7) is 1.23. The first kappa shape index (κ1) is 13.8. The van der Waals surface area contributed by atoms with Crippen LogP contribution >= 0.6 is 0 Å². The molecule has 1 aromatic rings. The van der Waals surface area contributed by atoms with Gasteiger partial charge in [0.25, 0.3) is 0 Å². The maximum Gasteiger partial charge on any atom is 0.416 e. The van der Waals surface area contributed by atoms with Gasteiger partial charge < -0.3 is 10.1 Å². The molecule has 1 N–H and O–H groups in total. The Morgan fingerprint density at radius 3 is 2.76 bits per heavy atom. The normalized spacial score (nSPS) is 11.5. The highest BCUT2D eigenvalue weighted by atomic mass is 19.4. The van der Waals surface area contributed by atoms with Gasteiger partial charge in [0.2, 0.25) is 0 Å². The maximum absolute atomic E-state index is 12.4. The van der Waals surface area contributed by atoms with Crippen molar-refractivity contribution in [3.05, 3.63) is 23.9 Å². The number of hydrogen-bond acceptors (Lipinski definition) is 3. The quantitative estimate of drug-likeness (QED) is 0.786. The summed E-state index contributed by atoms with van der Waals surface area (Å²) in [5.41, 5.74) is -0.688. The Morgan fingerprint density at radius 1 is 1.35 bits per heavy atom. The van der Waals surface area contributed by atoms with Crippen molar-refractivity contribution in [2.45, 2.75) is 19.0 Å². The molecule has 0 spiro atoms. The molecule has 0 aromatic carbocycles. The average molecular weight is 248 g/mol. The summed E-state index contributed by atoms with van der Waals surface area (Å²) in [5.74, 6) is 0.247. The lowest BCUT2D eigenvalue weighted by molar-refractivity contribution is -0.137. The molecule has 96 valence electrons. The third kappa shape index (κ3) is 5.04. The van der Waals surface area contributed by atoms with Gasteiger partial charge in [-0.2, -0.15) is 13.2 Å². The van der Waals surface area contributed by atoms with Crippen LogP contribution in [0.2, 0.25) is 0 Å². The fourth-order valence-corrected chi connectivity index (χ4v) is 1.29. The lowest BCUT2D eigenvalue weighted by atomic mass is 10.2. The van der Waals surface area contributed by atoms with Gasteiger partial charge in [-0.15, -0.1) is 0 Å². The molecule has 0 aliphatic rings. The fourth-order valence-electron chi connectivity index (χ4n) is 1.29. The number of halogens is 3. The highest BCUT2D eigenvalue weighted by molar-refractivity contribution is 5.38.